The molecule has 1 saturated carbocycles. The first-order chi connectivity index (χ1) is 15.0. The predicted octanol–water partition coefficient (Wildman–Crippen LogP) is 6.17. The van der Waals surface area contributed by atoms with Crippen molar-refractivity contribution >= 4 is 16.9 Å². The second kappa shape index (κ2) is 7.58. The second-order valence-electron chi connectivity index (χ2n) is 7.95. The summed E-state index contributed by atoms with van der Waals surface area (Å²) in [5, 5.41) is 9.62. The van der Waals surface area contributed by atoms with Crippen molar-refractivity contribution in [1.82, 2.24) is 0 Å². The summed E-state index contributed by atoms with van der Waals surface area (Å²) in [7, 11) is 0. The zero-order chi connectivity index (χ0) is 21.4. The maximum Gasteiger partial charge on any atom is 0.306 e. The molecule has 0 atom stereocenters. The molecule has 1 fully saturated rings. The Balaban J connectivity index is 1.43. The molecule has 31 heavy (non-hydrogen) atoms. The fourth-order valence-corrected chi connectivity index (χ4v) is 4.14. The van der Waals surface area contributed by atoms with Crippen molar-refractivity contribution in [2.45, 2.75) is 24.7 Å². The van der Waals surface area contributed by atoms with Gasteiger partial charge in [0.2, 0.25) is 0 Å². The lowest BCUT2D eigenvalue weighted by atomic mass is 9.87. The molecule has 3 aromatic carbocycles. The number of carboxylic acids is 1. The zero-order valence-electron chi connectivity index (χ0n) is 16.8. The monoisotopic (exact) mass is 416 g/mol. The minimum absolute atomic E-state index is 0.00923. The van der Waals surface area contributed by atoms with Gasteiger partial charge >= 0.3 is 5.97 Å². The number of hydrogen-bond donors (Lipinski definition) is 1. The predicted molar refractivity (Wildman–Crippen MR) is 116 cm³/mol. The lowest BCUT2D eigenvalue weighted by Gasteiger charge is -2.16. The van der Waals surface area contributed by atoms with Crippen molar-refractivity contribution in [3.8, 4) is 17.1 Å². The molecule has 0 aliphatic heterocycles. The molecule has 0 amide bonds. The van der Waals surface area contributed by atoms with E-state index in [-0.39, 0.29) is 18.4 Å². The molecule has 1 aliphatic rings. The SMILES string of the molecule is O=C(O)CCOc1ccc(-c2cc3cc(C4(c5ccccc5)CC4)ccc3o2)c(F)c1. The fourth-order valence-electron chi connectivity index (χ4n) is 4.14. The van der Waals surface area contributed by atoms with Gasteiger partial charge in [0.15, 0.2) is 0 Å². The average Bonchev–Trinajstić information content (AvgIpc) is 3.47. The van der Waals surface area contributed by atoms with Gasteiger partial charge in [-0.1, -0.05) is 36.4 Å². The molecule has 0 saturated heterocycles. The maximum absolute atomic E-state index is 14.7. The maximum atomic E-state index is 14.7. The van der Waals surface area contributed by atoms with E-state index in [1.807, 2.05) is 18.2 Å². The minimum Gasteiger partial charge on any atom is -0.493 e. The molecule has 156 valence electrons. The number of benzene rings is 3. The summed E-state index contributed by atoms with van der Waals surface area (Å²) in [6, 6.07) is 23.1. The van der Waals surface area contributed by atoms with E-state index in [2.05, 4.69) is 36.4 Å². The van der Waals surface area contributed by atoms with Crippen LogP contribution < -0.4 is 4.74 Å². The third kappa shape index (κ3) is 3.67. The van der Waals surface area contributed by atoms with Crippen LogP contribution in [0.1, 0.15) is 30.4 Å². The topological polar surface area (TPSA) is 59.7 Å². The van der Waals surface area contributed by atoms with E-state index in [0.29, 0.717) is 22.7 Å². The molecule has 4 aromatic rings. The van der Waals surface area contributed by atoms with Gasteiger partial charge in [-0.2, -0.15) is 0 Å². The third-order valence-electron chi connectivity index (χ3n) is 5.94. The number of carboxylic acid groups (broad SMARTS) is 1. The molecule has 1 heterocycles. The van der Waals surface area contributed by atoms with Gasteiger partial charge in [0, 0.05) is 16.9 Å². The molecular weight excluding hydrogens is 395 g/mol. The molecule has 5 heteroatoms. The van der Waals surface area contributed by atoms with Crippen LogP contribution in [0, 0.1) is 5.82 Å². The van der Waals surface area contributed by atoms with Gasteiger partial charge in [-0.15, -0.1) is 0 Å². The highest BCUT2D eigenvalue weighted by molar-refractivity contribution is 5.84. The second-order valence-corrected chi connectivity index (χ2v) is 7.95. The number of hydrogen-bond acceptors (Lipinski definition) is 3. The Bertz CT molecular complexity index is 1260. The van der Waals surface area contributed by atoms with E-state index in [1.165, 1.54) is 17.2 Å². The Labute approximate surface area is 178 Å². The smallest absolute Gasteiger partial charge is 0.306 e. The number of fused-ring (bicyclic) bond motifs is 1. The van der Waals surface area contributed by atoms with Crippen LogP contribution in [0.15, 0.2) is 77.2 Å². The lowest BCUT2D eigenvalue weighted by Crippen LogP contribution is -2.07. The number of rotatable bonds is 7. The van der Waals surface area contributed by atoms with Crippen molar-refractivity contribution in [3.63, 3.8) is 0 Å². The Morgan fingerprint density at radius 3 is 2.52 bits per heavy atom. The number of carbonyl (C=O) groups is 1. The first-order valence-electron chi connectivity index (χ1n) is 10.3. The van der Waals surface area contributed by atoms with Crippen LogP contribution in [0.4, 0.5) is 4.39 Å². The van der Waals surface area contributed by atoms with E-state index in [4.69, 9.17) is 14.3 Å². The number of ether oxygens (including phenoxy) is 1. The summed E-state index contributed by atoms with van der Waals surface area (Å²) in [6.45, 7) is -0.00923. The van der Waals surface area contributed by atoms with Gasteiger partial charge in [-0.3, -0.25) is 4.79 Å². The van der Waals surface area contributed by atoms with E-state index < -0.39 is 11.8 Å². The Kier molecular flexibility index (Phi) is 4.74. The van der Waals surface area contributed by atoms with E-state index in [0.717, 1.165) is 18.2 Å². The molecule has 0 unspecified atom stereocenters. The van der Waals surface area contributed by atoms with Crippen molar-refractivity contribution in [2.75, 3.05) is 6.61 Å². The molecule has 0 spiro atoms. The van der Waals surface area contributed by atoms with E-state index in [1.54, 1.807) is 12.1 Å². The lowest BCUT2D eigenvalue weighted by molar-refractivity contribution is -0.137. The summed E-state index contributed by atoms with van der Waals surface area (Å²) in [6.07, 6.45) is 2.09. The van der Waals surface area contributed by atoms with E-state index in [9.17, 15) is 9.18 Å². The quantitative estimate of drug-likeness (QED) is 0.391. The van der Waals surface area contributed by atoms with Gasteiger partial charge in [-0.25, -0.2) is 4.39 Å². The third-order valence-corrected chi connectivity index (χ3v) is 5.94. The van der Waals surface area contributed by atoms with Crippen LogP contribution in [-0.4, -0.2) is 17.7 Å². The number of aliphatic carboxylic acids is 1. The van der Waals surface area contributed by atoms with E-state index >= 15 is 0 Å². The summed E-state index contributed by atoms with van der Waals surface area (Å²) < 4.78 is 25.9. The molecular formula is C26H21FO4. The number of furan rings is 1. The molecule has 1 N–H and O–H groups in total. The molecule has 1 aromatic heterocycles. The molecule has 0 bridgehead atoms. The summed E-state index contributed by atoms with van der Waals surface area (Å²) in [5.74, 6) is -0.695. The first-order valence-corrected chi connectivity index (χ1v) is 10.3. The summed E-state index contributed by atoms with van der Waals surface area (Å²) in [5.41, 5.74) is 3.69. The minimum atomic E-state index is -0.959. The largest absolute Gasteiger partial charge is 0.493 e. The van der Waals surface area contributed by atoms with Crippen molar-refractivity contribution in [1.29, 1.82) is 0 Å². The Hall–Kier alpha value is -3.60. The van der Waals surface area contributed by atoms with Crippen molar-refractivity contribution in [3.05, 3.63) is 89.7 Å². The summed E-state index contributed by atoms with van der Waals surface area (Å²) >= 11 is 0. The standard InChI is InChI=1S/C26H21FO4/c27-22-16-20(30-13-10-25(28)29)7-8-21(22)24-15-17-14-19(6-9-23(17)31-24)26(11-12-26)18-4-2-1-3-5-18/h1-9,14-16H,10-13H2,(H,28,29). The van der Waals surface area contributed by atoms with Gasteiger partial charge in [0.1, 0.15) is 22.9 Å². The van der Waals surface area contributed by atoms with Crippen LogP contribution >= 0.6 is 0 Å². The normalized spacial score (nSPS) is 14.5. The average molecular weight is 416 g/mol. The van der Waals surface area contributed by atoms with Crippen LogP contribution in [0.25, 0.3) is 22.3 Å². The van der Waals surface area contributed by atoms with Crippen molar-refractivity contribution < 1.29 is 23.4 Å². The van der Waals surface area contributed by atoms with Gasteiger partial charge in [0.25, 0.3) is 0 Å². The highest BCUT2D eigenvalue weighted by Gasteiger charge is 2.45. The Morgan fingerprint density at radius 1 is 1.00 bits per heavy atom. The molecule has 5 rings (SSSR count). The summed E-state index contributed by atoms with van der Waals surface area (Å²) in [4.78, 5) is 10.6. The first kappa shape index (κ1) is 19.4. The molecule has 0 radical (unpaired) electrons. The molecule has 4 nitrogen and oxygen atoms in total. The fraction of sp³-hybridized carbons (Fsp3) is 0.192. The van der Waals surface area contributed by atoms with Gasteiger partial charge in [-0.05, 0) is 54.3 Å². The van der Waals surface area contributed by atoms with Crippen LogP contribution in [0.3, 0.4) is 0 Å². The van der Waals surface area contributed by atoms with Gasteiger partial charge in [0.05, 0.1) is 18.6 Å². The number of halogens is 1. The zero-order valence-corrected chi connectivity index (χ0v) is 16.8. The van der Waals surface area contributed by atoms with Crippen LogP contribution in [-0.2, 0) is 10.2 Å². The van der Waals surface area contributed by atoms with Gasteiger partial charge < -0.3 is 14.3 Å². The highest BCUT2D eigenvalue weighted by Crippen LogP contribution is 2.54. The highest BCUT2D eigenvalue weighted by atomic mass is 19.1. The van der Waals surface area contributed by atoms with Crippen molar-refractivity contribution in [2.24, 2.45) is 0 Å². The molecule has 1 aliphatic carbocycles. The Morgan fingerprint density at radius 2 is 1.81 bits per heavy atom. The van der Waals surface area contributed by atoms with Crippen LogP contribution in [0.5, 0.6) is 5.75 Å². The van der Waals surface area contributed by atoms with Crippen LogP contribution in [0.2, 0.25) is 0 Å².